The van der Waals surface area contributed by atoms with Gasteiger partial charge in [-0.25, -0.2) is 4.39 Å². The van der Waals surface area contributed by atoms with Gasteiger partial charge in [-0.2, -0.15) is 0 Å². The summed E-state index contributed by atoms with van der Waals surface area (Å²) in [7, 11) is 0. The molecular weight excluding hydrogens is 665 g/mol. The Hall–Kier alpha value is -4.99. The number of thioether (sulfide) groups is 1. The summed E-state index contributed by atoms with van der Waals surface area (Å²) in [5.74, 6) is -1.83. The third-order valence-electron chi connectivity index (χ3n) is 6.81. The Morgan fingerprint density at radius 3 is 2.09 bits per heavy atom. The van der Waals surface area contributed by atoms with E-state index in [1.54, 1.807) is 60.7 Å². The van der Waals surface area contributed by atoms with Crippen LogP contribution in [0.5, 0.6) is 0 Å². The number of anilines is 2. The lowest BCUT2D eigenvalue weighted by Crippen LogP contribution is -2.30. The molecule has 0 saturated heterocycles. The summed E-state index contributed by atoms with van der Waals surface area (Å²) in [6, 6.07) is 36.9. The number of aryl methyl sites for hydroxylation is 1. The topological polar surface area (TPSA) is 87.3 Å². The maximum atomic E-state index is 14.5. The van der Waals surface area contributed by atoms with E-state index in [1.807, 2.05) is 67.6 Å². The van der Waals surface area contributed by atoms with Gasteiger partial charge in [-0.05, 0) is 78.7 Å². The Kier molecular flexibility index (Phi) is 10.8. The minimum absolute atomic E-state index is 0.0807. The lowest BCUT2D eigenvalue weighted by atomic mass is 10.1. The van der Waals surface area contributed by atoms with Gasteiger partial charge in [0.25, 0.3) is 11.8 Å². The average molecular weight is 695 g/mol. The summed E-state index contributed by atoms with van der Waals surface area (Å²) in [5.41, 5.74) is 3.66. The molecule has 230 valence electrons. The summed E-state index contributed by atoms with van der Waals surface area (Å²) in [6.07, 6.45) is 1.62. The van der Waals surface area contributed by atoms with Crippen molar-refractivity contribution in [2.75, 3.05) is 10.6 Å². The molecule has 9 heteroatoms. The van der Waals surface area contributed by atoms with Crippen molar-refractivity contribution in [3.05, 3.63) is 166 Å². The van der Waals surface area contributed by atoms with Crippen molar-refractivity contribution in [2.45, 2.75) is 17.1 Å². The molecule has 0 aliphatic rings. The highest BCUT2D eigenvalue weighted by Gasteiger charge is 2.23. The average Bonchev–Trinajstić information content (AvgIpc) is 3.07. The Bertz CT molecular complexity index is 1870. The van der Waals surface area contributed by atoms with Crippen molar-refractivity contribution in [1.82, 2.24) is 5.32 Å². The van der Waals surface area contributed by atoms with Gasteiger partial charge in [0.05, 0.1) is 5.69 Å². The van der Waals surface area contributed by atoms with E-state index in [1.165, 1.54) is 23.9 Å². The summed E-state index contributed by atoms with van der Waals surface area (Å²) in [4.78, 5) is 40.5. The normalized spacial score (nSPS) is 11.8. The zero-order valence-corrected chi connectivity index (χ0v) is 27.1. The second kappa shape index (κ2) is 15.3. The van der Waals surface area contributed by atoms with E-state index in [-0.39, 0.29) is 17.3 Å². The number of hydrogen-bond donors (Lipinski definition) is 3. The first kappa shape index (κ1) is 32.4. The highest BCUT2D eigenvalue weighted by atomic mass is 79.9. The minimum atomic E-state index is -0.679. The first-order valence-electron chi connectivity index (χ1n) is 14.3. The van der Waals surface area contributed by atoms with Crippen molar-refractivity contribution in [3.8, 4) is 0 Å². The lowest BCUT2D eigenvalue weighted by molar-refractivity contribution is -0.116. The molecule has 1 unspecified atom stereocenters. The summed E-state index contributed by atoms with van der Waals surface area (Å²) in [5, 5.41) is 7.62. The van der Waals surface area contributed by atoms with E-state index in [0.717, 1.165) is 21.6 Å². The molecule has 0 aliphatic carbocycles. The smallest absolute Gasteiger partial charge is 0.272 e. The van der Waals surface area contributed by atoms with Crippen molar-refractivity contribution in [1.29, 1.82) is 0 Å². The summed E-state index contributed by atoms with van der Waals surface area (Å²) < 4.78 is 15.1. The van der Waals surface area contributed by atoms with Crippen LogP contribution in [0.4, 0.5) is 15.8 Å². The Balaban J connectivity index is 1.33. The molecule has 0 radical (unpaired) electrons. The van der Waals surface area contributed by atoms with Crippen LogP contribution in [0.25, 0.3) is 6.08 Å². The first-order valence-corrected chi connectivity index (χ1v) is 16.0. The molecule has 1 atom stereocenters. The molecule has 6 nitrogen and oxygen atoms in total. The Labute approximate surface area is 279 Å². The van der Waals surface area contributed by atoms with Crippen LogP contribution in [0.3, 0.4) is 0 Å². The highest BCUT2D eigenvalue weighted by Crippen LogP contribution is 2.37. The molecule has 3 N–H and O–H groups in total. The maximum absolute atomic E-state index is 14.5. The number of halogens is 2. The molecule has 46 heavy (non-hydrogen) atoms. The van der Waals surface area contributed by atoms with E-state index < -0.39 is 22.9 Å². The highest BCUT2D eigenvalue weighted by molar-refractivity contribution is 9.10. The van der Waals surface area contributed by atoms with E-state index in [9.17, 15) is 18.8 Å². The quantitative estimate of drug-likeness (QED) is 0.101. The van der Waals surface area contributed by atoms with E-state index >= 15 is 0 Å². The molecule has 5 aromatic carbocycles. The molecule has 0 bridgehead atoms. The van der Waals surface area contributed by atoms with Gasteiger partial charge in [-0.15, -0.1) is 11.8 Å². The van der Waals surface area contributed by atoms with E-state index in [2.05, 4.69) is 31.9 Å². The van der Waals surface area contributed by atoms with Crippen LogP contribution >= 0.6 is 27.7 Å². The van der Waals surface area contributed by atoms with Gasteiger partial charge in [0, 0.05) is 20.6 Å². The zero-order chi connectivity index (χ0) is 32.5. The monoisotopic (exact) mass is 693 g/mol. The van der Waals surface area contributed by atoms with Crippen LogP contribution < -0.4 is 16.0 Å². The fraction of sp³-hybridized carbons (Fsp3) is 0.0541. The minimum Gasteiger partial charge on any atom is -0.322 e. The van der Waals surface area contributed by atoms with Crippen LogP contribution in [0.15, 0.2) is 142 Å². The van der Waals surface area contributed by atoms with Gasteiger partial charge in [0.2, 0.25) is 5.91 Å². The van der Waals surface area contributed by atoms with Crippen LogP contribution in [0.2, 0.25) is 0 Å². The van der Waals surface area contributed by atoms with Crippen molar-refractivity contribution in [3.63, 3.8) is 0 Å². The van der Waals surface area contributed by atoms with Crippen LogP contribution in [-0.4, -0.2) is 17.7 Å². The van der Waals surface area contributed by atoms with Gasteiger partial charge in [0.1, 0.15) is 16.8 Å². The fourth-order valence-electron chi connectivity index (χ4n) is 4.41. The maximum Gasteiger partial charge on any atom is 0.272 e. The third-order valence-corrected chi connectivity index (χ3v) is 8.57. The van der Waals surface area contributed by atoms with Crippen LogP contribution in [-0.2, 0) is 9.59 Å². The predicted molar refractivity (Wildman–Crippen MR) is 186 cm³/mol. The largest absolute Gasteiger partial charge is 0.322 e. The molecule has 0 aliphatic heterocycles. The molecule has 5 aromatic rings. The molecule has 0 saturated carbocycles. The van der Waals surface area contributed by atoms with Crippen molar-refractivity contribution in [2.24, 2.45) is 0 Å². The number of nitrogens with one attached hydrogen (secondary N) is 3. The van der Waals surface area contributed by atoms with E-state index in [4.69, 9.17) is 0 Å². The number of carbonyl (C=O) groups is 3. The second-order valence-corrected chi connectivity index (χ2v) is 12.4. The van der Waals surface area contributed by atoms with Crippen LogP contribution in [0.1, 0.15) is 32.3 Å². The number of rotatable bonds is 10. The zero-order valence-electron chi connectivity index (χ0n) is 24.7. The van der Waals surface area contributed by atoms with Gasteiger partial charge in [-0.1, -0.05) is 94.3 Å². The van der Waals surface area contributed by atoms with Crippen LogP contribution in [0, 0.1) is 12.7 Å². The number of amides is 3. The molecule has 0 fully saturated rings. The standard InChI is InChI=1S/C37H29BrFN3O3S/c1-24-12-14-25(15-13-24)22-33(42-35(43)27-10-6-3-7-11-27)36(44)40-29-17-19-30(20-18-29)46-34(26-8-4-2-5-9-26)37(45)41-32-21-16-28(38)23-31(32)39/h2-23,34H,1H3,(H,40,44)(H,41,45)(H,42,43)/b33-22-. The SMILES string of the molecule is Cc1ccc(/C=C(\NC(=O)c2ccccc2)C(=O)Nc2ccc(SC(C(=O)Nc3ccc(Br)cc3F)c3ccccc3)cc2)cc1. The van der Waals surface area contributed by atoms with Gasteiger partial charge >= 0.3 is 0 Å². The Morgan fingerprint density at radius 1 is 0.783 bits per heavy atom. The molecule has 0 heterocycles. The van der Waals surface area contributed by atoms with Gasteiger partial charge < -0.3 is 16.0 Å². The third kappa shape index (κ3) is 8.80. The van der Waals surface area contributed by atoms with Gasteiger partial charge in [0.15, 0.2) is 0 Å². The van der Waals surface area contributed by atoms with Crippen molar-refractivity contribution >= 4 is 62.9 Å². The Morgan fingerprint density at radius 2 is 1.43 bits per heavy atom. The molecule has 0 aromatic heterocycles. The lowest BCUT2D eigenvalue weighted by Gasteiger charge is -2.18. The van der Waals surface area contributed by atoms with Gasteiger partial charge in [-0.3, -0.25) is 14.4 Å². The molecule has 3 amide bonds. The summed E-state index contributed by atoms with van der Waals surface area (Å²) >= 11 is 4.53. The predicted octanol–water partition coefficient (Wildman–Crippen LogP) is 8.78. The molecule has 0 spiro atoms. The molecule has 5 rings (SSSR count). The number of hydrogen-bond acceptors (Lipinski definition) is 4. The van der Waals surface area contributed by atoms with Crippen molar-refractivity contribution < 1.29 is 18.8 Å². The molecular formula is C37H29BrFN3O3S. The first-order chi connectivity index (χ1) is 22.2. The summed E-state index contributed by atoms with van der Waals surface area (Å²) in [6.45, 7) is 1.97. The fourth-order valence-corrected chi connectivity index (χ4v) is 5.77. The number of benzene rings is 5. The van der Waals surface area contributed by atoms with E-state index in [0.29, 0.717) is 15.7 Å². The number of carbonyl (C=O) groups excluding carboxylic acids is 3. The second-order valence-electron chi connectivity index (χ2n) is 10.3.